The van der Waals surface area contributed by atoms with E-state index in [1.807, 2.05) is 0 Å². The molecule has 0 atom stereocenters. The summed E-state index contributed by atoms with van der Waals surface area (Å²) in [5.74, 6) is 0. The van der Waals surface area contributed by atoms with Crippen molar-refractivity contribution in [1.29, 1.82) is 0 Å². The van der Waals surface area contributed by atoms with Crippen LogP contribution in [0.15, 0.2) is 6.20 Å². The molecule has 4 heteroatoms. The number of hydrogen-bond donors (Lipinski definition) is 0. The summed E-state index contributed by atoms with van der Waals surface area (Å²) in [5, 5.41) is 0. The van der Waals surface area contributed by atoms with E-state index < -0.39 is 11.7 Å². The minimum atomic E-state index is -4.19. The third kappa shape index (κ3) is 1.42. The first kappa shape index (κ1) is 9.62. The molecule has 0 N–H and O–H groups in total. The van der Waals surface area contributed by atoms with Gasteiger partial charge in [0.05, 0.1) is 5.56 Å². The molecule has 1 aromatic rings. The molecule has 1 heterocycles. The number of alkyl halides is 3. The van der Waals surface area contributed by atoms with Crippen LogP contribution in [-0.2, 0) is 26.1 Å². The van der Waals surface area contributed by atoms with Crippen LogP contribution >= 0.6 is 0 Å². The standard InChI is InChI=1S/C10H12F3N/c1-14-6-8(10(11,12)13)7-4-2-3-5-9(7)14/h6H,2-5H2,1H3. The second-order valence-corrected chi connectivity index (χ2v) is 3.78. The van der Waals surface area contributed by atoms with Crippen molar-refractivity contribution in [3.8, 4) is 0 Å². The number of fused-ring (bicyclic) bond motifs is 1. The lowest BCUT2D eigenvalue weighted by molar-refractivity contribution is -0.138. The minimum absolute atomic E-state index is 0.435. The van der Waals surface area contributed by atoms with Gasteiger partial charge in [0.2, 0.25) is 0 Å². The van der Waals surface area contributed by atoms with Gasteiger partial charge in [-0.3, -0.25) is 0 Å². The SMILES string of the molecule is Cn1cc(C(F)(F)F)c2c1CCCC2. The summed E-state index contributed by atoms with van der Waals surface area (Å²) >= 11 is 0. The minimum Gasteiger partial charge on any atom is -0.354 e. The molecule has 0 fully saturated rings. The van der Waals surface area contributed by atoms with Gasteiger partial charge in [0, 0.05) is 18.9 Å². The third-order valence-electron chi connectivity index (χ3n) is 2.82. The van der Waals surface area contributed by atoms with E-state index in [4.69, 9.17) is 0 Å². The largest absolute Gasteiger partial charge is 0.418 e. The molecule has 1 aliphatic carbocycles. The molecule has 0 amide bonds. The lowest BCUT2D eigenvalue weighted by atomic mass is 9.95. The number of aromatic nitrogens is 1. The molecule has 0 saturated heterocycles. The fourth-order valence-corrected chi connectivity index (χ4v) is 2.16. The van der Waals surface area contributed by atoms with Crippen molar-refractivity contribution in [3.63, 3.8) is 0 Å². The fraction of sp³-hybridized carbons (Fsp3) is 0.600. The first-order valence-corrected chi connectivity index (χ1v) is 4.74. The van der Waals surface area contributed by atoms with Crippen molar-refractivity contribution in [2.24, 2.45) is 7.05 Å². The van der Waals surface area contributed by atoms with Crippen molar-refractivity contribution in [3.05, 3.63) is 23.0 Å². The van der Waals surface area contributed by atoms with E-state index in [9.17, 15) is 13.2 Å². The molecular weight excluding hydrogens is 191 g/mol. The normalized spacial score (nSPS) is 16.9. The molecule has 0 radical (unpaired) electrons. The Balaban J connectivity index is 2.52. The highest BCUT2D eigenvalue weighted by atomic mass is 19.4. The summed E-state index contributed by atoms with van der Waals surface area (Å²) < 4.78 is 39.3. The van der Waals surface area contributed by atoms with Gasteiger partial charge in [-0.1, -0.05) is 0 Å². The Morgan fingerprint density at radius 1 is 1.21 bits per heavy atom. The van der Waals surface area contributed by atoms with Crippen molar-refractivity contribution in [1.82, 2.24) is 4.57 Å². The van der Waals surface area contributed by atoms with E-state index in [0.717, 1.165) is 25.0 Å². The first-order valence-electron chi connectivity index (χ1n) is 4.74. The second kappa shape index (κ2) is 3.04. The quantitative estimate of drug-likeness (QED) is 0.611. The highest BCUT2D eigenvalue weighted by Crippen LogP contribution is 2.37. The number of hydrogen-bond acceptors (Lipinski definition) is 0. The highest BCUT2D eigenvalue weighted by molar-refractivity contribution is 5.36. The van der Waals surface area contributed by atoms with Crippen LogP contribution in [0.2, 0.25) is 0 Å². The molecular formula is C10H12F3N. The summed E-state index contributed by atoms with van der Waals surface area (Å²) in [6.07, 6.45) is 0.258. The zero-order valence-electron chi connectivity index (χ0n) is 7.99. The zero-order valence-corrected chi connectivity index (χ0v) is 7.99. The Morgan fingerprint density at radius 3 is 2.50 bits per heavy atom. The Labute approximate surface area is 80.5 Å². The molecule has 2 rings (SSSR count). The molecule has 0 unspecified atom stereocenters. The van der Waals surface area contributed by atoms with Gasteiger partial charge < -0.3 is 4.57 Å². The second-order valence-electron chi connectivity index (χ2n) is 3.78. The molecule has 0 aliphatic heterocycles. The maximum atomic E-state index is 12.6. The van der Waals surface area contributed by atoms with Crippen molar-refractivity contribution in [2.75, 3.05) is 0 Å². The van der Waals surface area contributed by atoms with Crippen molar-refractivity contribution >= 4 is 0 Å². The van der Waals surface area contributed by atoms with Gasteiger partial charge in [-0.2, -0.15) is 13.2 Å². The zero-order chi connectivity index (χ0) is 10.3. The third-order valence-corrected chi connectivity index (χ3v) is 2.82. The number of rotatable bonds is 0. The van der Waals surface area contributed by atoms with Crippen LogP contribution in [0.5, 0.6) is 0 Å². The van der Waals surface area contributed by atoms with E-state index in [1.54, 1.807) is 11.6 Å². The molecule has 78 valence electrons. The predicted molar refractivity (Wildman–Crippen MR) is 47.1 cm³/mol. The molecule has 1 aliphatic rings. The average Bonchev–Trinajstić information content (AvgIpc) is 2.44. The summed E-state index contributed by atoms with van der Waals surface area (Å²) in [6.45, 7) is 0. The smallest absolute Gasteiger partial charge is 0.354 e. The van der Waals surface area contributed by atoms with E-state index in [0.29, 0.717) is 12.0 Å². The Morgan fingerprint density at radius 2 is 1.86 bits per heavy atom. The predicted octanol–water partition coefficient (Wildman–Crippen LogP) is 2.92. The lowest BCUT2D eigenvalue weighted by Crippen LogP contribution is -2.10. The topological polar surface area (TPSA) is 4.93 Å². The van der Waals surface area contributed by atoms with Crippen molar-refractivity contribution in [2.45, 2.75) is 31.9 Å². The highest BCUT2D eigenvalue weighted by Gasteiger charge is 2.36. The summed E-state index contributed by atoms with van der Waals surface area (Å²) in [7, 11) is 1.69. The Kier molecular flexibility index (Phi) is 2.09. The Hall–Kier alpha value is -0.930. The molecule has 1 nitrogen and oxygen atoms in total. The molecule has 0 aromatic carbocycles. The first-order chi connectivity index (χ1) is 6.50. The van der Waals surface area contributed by atoms with E-state index in [2.05, 4.69) is 0 Å². The van der Waals surface area contributed by atoms with Gasteiger partial charge in [0.1, 0.15) is 0 Å². The number of aryl methyl sites for hydroxylation is 1. The van der Waals surface area contributed by atoms with Crippen LogP contribution < -0.4 is 0 Å². The van der Waals surface area contributed by atoms with Crippen LogP contribution in [0.25, 0.3) is 0 Å². The van der Waals surface area contributed by atoms with Gasteiger partial charge in [-0.25, -0.2) is 0 Å². The van der Waals surface area contributed by atoms with Gasteiger partial charge >= 0.3 is 6.18 Å². The maximum absolute atomic E-state index is 12.6. The van der Waals surface area contributed by atoms with Gasteiger partial charge in [-0.15, -0.1) is 0 Å². The van der Waals surface area contributed by atoms with Crippen LogP contribution in [0.3, 0.4) is 0 Å². The average molecular weight is 203 g/mol. The van der Waals surface area contributed by atoms with Gasteiger partial charge in [0.15, 0.2) is 0 Å². The number of halogens is 3. The molecule has 1 aromatic heterocycles. The molecule has 0 bridgehead atoms. The monoisotopic (exact) mass is 203 g/mol. The van der Waals surface area contributed by atoms with Gasteiger partial charge in [-0.05, 0) is 31.2 Å². The van der Waals surface area contributed by atoms with E-state index in [-0.39, 0.29) is 0 Å². The molecule has 0 saturated carbocycles. The Bertz CT molecular complexity index is 349. The summed E-state index contributed by atoms with van der Waals surface area (Å²) in [5.41, 5.74) is 0.949. The van der Waals surface area contributed by atoms with Crippen LogP contribution in [-0.4, -0.2) is 4.57 Å². The van der Waals surface area contributed by atoms with E-state index >= 15 is 0 Å². The van der Waals surface area contributed by atoms with Crippen LogP contribution in [0, 0.1) is 0 Å². The molecule has 14 heavy (non-hydrogen) atoms. The number of nitrogens with zero attached hydrogens (tertiary/aromatic N) is 1. The summed E-state index contributed by atoms with van der Waals surface area (Å²) in [6, 6.07) is 0. The fourth-order valence-electron chi connectivity index (χ4n) is 2.16. The van der Waals surface area contributed by atoms with E-state index in [1.165, 1.54) is 6.20 Å². The van der Waals surface area contributed by atoms with Crippen LogP contribution in [0.1, 0.15) is 29.7 Å². The summed E-state index contributed by atoms with van der Waals surface area (Å²) in [4.78, 5) is 0. The maximum Gasteiger partial charge on any atom is 0.418 e. The van der Waals surface area contributed by atoms with Crippen molar-refractivity contribution < 1.29 is 13.2 Å². The molecule has 0 spiro atoms. The lowest BCUT2D eigenvalue weighted by Gasteiger charge is -2.15. The van der Waals surface area contributed by atoms with Gasteiger partial charge in [0.25, 0.3) is 0 Å². The van der Waals surface area contributed by atoms with Crippen LogP contribution in [0.4, 0.5) is 13.2 Å².